The van der Waals surface area contributed by atoms with Crippen LogP contribution in [0.1, 0.15) is 54.6 Å². The zero-order valence-electron chi connectivity index (χ0n) is 13.6. The molecule has 2 aliphatic carbocycles. The molecule has 1 aromatic heterocycles. The molecule has 5 nitrogen and oxygen atoms in total. The predicted octanol–water partition coefficient (Wildman–Crippen LogP) is 3.05. The maximum Gasteiger partial charge on any atom is 0.227 e. The van der Waals surface area contributed by atoms with Crippen LogP contribution < -0.4 is 5.32 Å². The molecule has 0 spiro atoms. The van der Waals surface area contributed by atoms with E-state index in [0.29, 0.717) is 23.8 Å². The fraction of sp³-hybridized carbons (Fsp3) is 0.500. The van der Waals surface area contributed by atoms with Crippen LogP contribution in [-0.4, -0.2) is 27.2 Å². The number of nitrogens with one attached hydrogen (secondary N) is 2. The highest BCUT2D eigenvalue weighted by molar-refractivity contribution is 7.71. The van der Waals surface area contributed by atoms with Crippen molar-refractivity contribution in [2.45, 2.75) is 50.5 Å². The molecule has 0 bridgehead atoms. The third kappa shape index (κ3) is 3.02. The van der Waals surface area contributed by atoms with Crippen molar-refractivity contribution < 1.29 is 4.79 Å². The van der Waals surface area contributed by atoms with Crippen LogP contribution in [0.15, 0.2) is 24.3 Å². The smallest absolute Gasteiger partial charge is 0.227 e. The zero-order chi connectivity index (χ0) is 16.5. The first-order valence-electron chi connectivity index (χ1n) is 8.75. The van der Waals surface area contributed by atoms with Crippen LogP contribution in [0.25, 0.3) is 0 Å². The molecule has 0 saturated heterocycles. The summed E-state index contributed by atoms with van der Waals surface area (Å²) >= 11 is 5.29. The van der Waals surface area contributed by atoms with E-state index in [1.165, 1.54) is 24.0 Å². The molecule has 2 N–H and O–H groups in total. The summed E-state index contributed by atoms with van der Waals surface area (Å²) in [5.41, 5.74) is 2.51. The average molecular weight is 342 g/mol. The summed E-state index contributed by atoms with van der Waals surface area (Å²) in [4.78, 5) is 12.6. The first-order valence-corrected chi connectivity index (χ1v) is 9.16. The minimum Gasteiger partial charge on any atom is -0.355 e. The largest absolute Gasteiger partial charge is 0.355 e. The minimum atomic E-state index is -0.0146. The number of nitrogens with zero attached hydrogens (tertiary/aromatic N) is 2. The highest BCUT2D eigenvalue weighted by atomic mass is 32.1. The van der Waals surface area contributed by atoms with Crippen LogP contribution >= 0.6 is 12.2 Å². The number of hydrogen-bond acceptors (Lipinski definition) is 3. The fourth-order valence-corrected chi connectivity index (χ4v) is 3.97. The lowest BCUT2D eigenvalue weighted by molar-refractivity contribution is -0.122. The molecule has 1 saturated carbocycles. The van der Waals surface area contributed by atoms with Crippen LogP contribution in [0.3, 0.4) is 0 Å². The van der Waals surface area contributed by atoms with Gasteiger partial charge >= 0.3 is 0 Å². The lowest BCUT2D eigenvalue weighted by Crippen LogP contribution is -2.33. The second kappa shape index (κ2) is 6.51. The maximum absolute atomic E-state index is 12.6. The molecule has 1 amide bonds. The van der Waals surface area contributed by atoms with Crippen molar-refractivity contribution >= 4 is 18.1 Å². The van der Waals surface area contributed by atoms with E-state index in [1.54, 1.807) is 0 Å². The van der Waals surface area contributed by atoms with E-state index in [9.17, 15) is 4.79 Å². The van der Waals surface area contributed by atoms with Crippen LogP contribution in [0.5, 0.6) is 0 Å². The number of fused-ring (bicyclic) bond motifs is 1. The number of aromatic amines is 1. The molecule has 24 heavy (non-hydrogen) atoms. The molecule has 2 aliphatic rings. The van der Waals surface area contributed by atoms with E-state index >= 15 is 0 Å². The molecule has 1 aromatic carbocycles. The molecule has 0 aliphatic heterocycles. The van der Waals surface area contributed by atoms with Gasteiger partial charge in [-0.15, -0.1) is 0 Å². The standard InChI is InChI=1S/C18H22N4OS/c23-17(15-7-3-5-12-4-1-2-6-14(12)15)19-11-10-16-20-21-18(24)22(16)13-8-9-13/h1-2,4,6,13,15H,3,5,7-11H2,(H,19,23)(H,21,24)/t15-/m0/s1. The van der Waals surface area contributed by atoms with Gasteiger partial charge in [0.2, 0.25) is 5.91 Å². The van der Waals surface area contributed by atoms with Crippen molar-refractivity contribution in [1.82, 2.24) is 20.1 Å². The summed E-state index contributed by atoms with van der Waals surface area (Å²) in [6.45, 7) is 0.601. The van der Waals surface area contributed by atoms with Gasteiger partial charge in [-0.1, -0.05) is 24.3 Å². The van der Waals surface area contributed by atoms with Gasteiger partial charge in [-0.3, -0.25) is 9.89 Å². The van der Waals surface area contributed by atoms with Crippen molar-refractivity contribution in [1.29, 1.82) is 0 Å². The molecule has 1 fully saturated rings. The van der Waals surface area contributed by atoms with Crippen molar-refractivity contribution in [3.05, 3.63) is 46.0 Å². The summed E-state index contributed by atoms with van der Waals surface area (Å²) < 4.78 is 2.80. The van der Waals surface area contributed by atoms with Crippen LogP contribution in [-0.2, 0) is 17.6 Å². The Morgan fingerprint density at radius 3 is 3.00 bits per heavy atom. The Morgan fingerprint density at radius 1 is 1.33 bits per heavy atom. The molecule has 4 rings (SSSR count). The van der Waals surface area contributed by atoms with Gasteiger partial charge in [0, 0.05) is 19.0 Å². The molecule has 2 aromatic rings. The SMILES string of the molecule is O=C(NCCc1n[nH]c(=S)n1C1CC1)[C@H]1CCCc2ccccc21. The Balaban J connectivity index is 1.39. The van der Waals surface area contributed by atoms with Gasteiger partial charge in [-0.2, -0.15) is 5.10 Å². The number of aryl methyl sites for hydroxylation is 1. The van der Waals surface area contributed by atoms with E-state index in [4.69, 9.17) is 12.2 Å². The lowest BCUT2D eigenvalue weighted by Gasteiger charge is -2.24. The monoisotopic (exact) mass is 342 g/mol. The summed E-state index contributed by atoms with van der Waals surface area (Å²) in [6.07, 6.45) is 6.15. The van der Waals surface area contributed by atoms with Gasteiger partial charge < -0.3 is 9.88 Å². The second-order valence-corrected chi connectivity index (χ2v) is 7.12. The highest BCUT2D eigenvalue weighted by Crippen LogP contribution is 2.35. The molecular weight excluding hydrogens is 320 g/mol. The summed E-state index contributed by atoms with van der Waals surface area (Å²) in [5, 5.41) is 10.3. The number of amides is 1. The number of H-pyrrole nitrogens is 1. The second-order valence-electron chi connectivity index (χ2n) is 6.73. The number of hydrogen-bond donors (Lipinski definition) is 2. The Morgan fingerprint density at radius 2 is 2.17 bits per heavy atom. The van der Waals surface area contributed by atoms with Crippen molar-refractivity contribution in [2.75, 3.05) is 6.54 Å². The van der Waals surface area contributed by atoms with E-state index in [2.05, 4.69) is 38.3 Å². The first kappa shape index (κ1) is 15.6. The highest BCUT2D eigenvalue weighted by Gasteiger charge is 2.28. The minimum absolute atomic E-state index is 0.0146. The molecule has 6 heteroatoms. The molecule has 126 valence electrons. The normalized spacial score (nSPS) is 19.8. The van der Waals surface area contributed by atoms with E-state index in [1.807, 2.05) is 6.07 Å². The van der Waals surface area contributed by atoms with Gasteiger partial charge in [-0.25, -0.2) is 0 Å². The average Bonchev–Trinajstić information content (AvgIpc) is 3.37. The first-order chi connectivity index (χ1) is 11.7. The Hall–Kier alpha value is -1.95. The lowest BCUT2D eigenvalue weighted by atomic mass is 9.82. The number of aromatic nitrogens is 3. The third-order valence-electron chi connectivity index (χ3n) is 5.02. The summed E-state index contributed by atoms with van der Waals surface area (Å²) in [6, 6.07) is 8.82. The van der Waals surface area contributed by atoms with Crippen molar-refractivity contribution in [3.63, 3.8) is 0 Å². The quantitative estimate of drug-likeness (QED) is 0.821. The van der Waals surface area contributed by atoms with Gasteiger partial charge in [-0.05, 0) is 55.4 Å². The molecular formula is C18H22N4OS. The number of carbonyl (C=O) groups is 1. The summed E-state index contributed by atoms with van der Waals surface area (Å²) in [7, 11) is 0. The number of rotatable bonds is 5. The summed E-state index contributed by atoms with van der Waals surface area (Å²) in [5.74, 6) is 1.07. The molecule has 1 atom stereocenters. The predicted molar refractivity (Wildman–Crippen MR) is 94.5 cm³/mol. The van der Waals surface area contributed by atoms with E-state index in [-0.39, 0.29) is 11.8 Å². The Bertz CT molecular complexity index is 805. The van der Waals surface area contributed by atoms with Gasteiger partial charge in [0.05, 0.1) is 5.92 Å². The Labute approximate surface area is 146 Å². The van der Waals surface area contributed by atoms with Gasteiger partial charge in [0.25, 0.3) is 0 Å². The Kier molecular flexibility index (Phi) is 4.22. The maximum atomic E-state index is 12.6. The zero-order valence-corrected chi connectivity index (χ0v) is 14.4. The number of carbonyl (C=O) groups excluding carboxylic acids is 1. The van der Waals surface area contributed by atoms with Crippen LogP contribution in [0.4, 0.5) is 0 Å². The molecule has 1 heterocycles. The molecule has 0 unspecified atom stereocenters. The van der Waals surface area contributed by atoms with E-state index in [0.717, 1.165) is 25.1 Å². The molecule has 0 radical (unpaired) electrons. The van der Waals surface area contributed by atoms with Crippen molar-refractivity contribution in [3.8, 4) is 0 Å². The van der Waals surface area contributed by atoms with Gasteiger partial charge in [0.15, 0.2) is 4.77 Å². The third-order valence-corrected chi connectivity index (χ3v) is 5.31. The fourth-order valence-electron chi connectivity index (χ4n) is 3.67. The van der Waals surface area contributed by atoms with Gasteiger partial charge in [0.1, 0.15) is 5.82 Å². The van der Waals surface area contributed by atoms with Crippen LogP contribution in [0.2, 0.25) is 0 Å². The van der Waals surface area contributed by atoms with Crippen molar-refractivity contribution in [2.24, 2.45) is 0 Å². The number of benzene rings is 1. The topological polar surface area (TPSA) is 62.7 Å². The van der Waals surface area contributed by atoms with E-state index < -0.39 is 0 Å². The van der Waals surface area contributed by atoms with Crippen LogP contribution in [0, 0.1) is 4.77 Å².